The zero-order valence-electron chi connectivity index (χ0n) is 25.1. The molecule has 224 valence electrons. The first-order valence-electron chi connectivity index (χ1n) is 15.6. The van der Waals surface area contributed by atoms with Crippen molar-refractivity contribution in [2.75, 3.05) is 19.0 Å². The second-order valence-corrected chi connectivity index (χ2v) is 11.3. The van der Waals surface area contributed by atoms with Crippen LogP contribution in [0.1, 0.15) is 104 Å². The molecule has 0 fully saturated rings. The molecule has 2 aromatic heterocycles. The van der Waals surface area contributed by atoms with Gasteiger partial charge in [-0.3, -0.25) is 4.79 Å². The SMILES string of the molecule is CCCCCCCC/C=C\CCCCCCCCOc1c2ncnc(SCC(=O)OCC)c2nn1-c1ccccc1. The number of para-hydroxylation sites is 1. The van der Waals surface area contributed by atoms with E-state index in [0.29, 0.717) is 35.2 Å². The number of fused-ring (bicyclic) bond motifs is 1. The van der Waals surface area contributed by atoms with E-state index in [9.17, 15) is 4.79 Å². The smallest absolute Gasteiger partial charge is 0.316 e. The Kier molecular flexibility index (Phi) is 16.0. The quantitative estimate of drug-likeness (QED) is 0.0386. The van der Waals surface area contributed by atoms with Gasteiger partial charge in [0.25, 0.3) is 0 Å². The van der Waals surface area contributed by atoms with Crippen molar-refractivity contribution in [3.05, 3.63) is 48.8 Å². The fourth-order valence-corrected chi connectivity index (χ4v) is 5.42. The Morgan fingerprint density at radius 2 is 1.49 bits per heavy atom. The maximum absolute atomic E-state index is 11.9. The number of hydrogen-bond acceptors (Lipinski definition) is 7. The highest BCUT2D eigenvalue weighted by molar-refractivity contribution is 8.00. The minimum atomic E-state index is -0.275. The molecule has 0 unspecified atom stereocenters. The normalized spacial score (nSPS) is 11.5. The van der Waals surface area contributed by atoms with Crippen molar-refractivity contribution in [1.82, 2.24) is 19.7 Å². The number of esters is 1. The zero-order valence-corrected chi connectivity index (χ0v) is 25.9. The Morgan fingerprint density at radius 3 is 2.17 bits per heavy atom. The number of allylic oxidation sites excluding steroid dienone is 2. The molecule has 0 spiro atoms. The molecule has 0 saturated carbocycles. The first-order chi connectivity index (χ1) is 20.2. The Morgan fingerprint density at radius 1 is 0.829 bits per heavy atom. The van der Waals surface area contributed by atoms with Gasteiger partial charge in [-0.1, -0.05) is 107 Å². The largest absolute Gasteiger partial charge is 0.476 e. The highest BCUT2D eigenvalue weighted by Gasteiger charge is 2.20. The number of rotatable bonds is 22. The van der Waals surface area contributed by atoms with Crippen LogP contribution < -0.4 is 4.74 Å². The Labute approximate surface area is 250 Å². The zero-order chi connectivity index (χ0) is 29.0. The molecule has 0 atom stereocenters. The van der Waals surface area contributed by atoms with Gasteiger partial charge in [-0.05, 0) is 51.2 Å². The number of aromatic nitrogens is 4. The number of nitrogens with zero attached hydrogens (tertiary/aromatic N) is 4. The summed E-state index contributed by atoms with van der Waals surface area (Å²) < 4.78 is 13.1. The second kappa shape index (κ2) is 20.1. The first kappa shape index (κ1) is 32.6. The number of carbonyl (C=O) groups excluding carboxylic acids is 1. The standard InChI is InChI=1S/C33H48N4O3S/c1-3-5-6-7-8-9-10-11-12-13-14-15-16-17-18-22-25-40-33-31-30(36-37(33)28-23-20-19-21-24-28)32(35-27-34-31)41-26-29(38)39-4-2/h11-12,19-21,23-24,27H,3-10,13-18,22,25-26H2,1-2H3/b12-11-. The van der Waals surface area contributed by atoms with E-state index >= 15 is 0 Å². The summed E-state index contributed by atoms with van der Waals surface area (Å²) in [4.78, 5) is 20.8. The highest BCUT2D eigenvalue weighted by Crippen LogP contribution is 2.32. The Bertz CT molecular complexity index is 1170. The van der Waals surface area contributed by atoms with E-state index in [-0.39, 0.29) is 11.7 Å². The lowest BCUT2D eigenvalue weighted by Crippen LogP contribution is -2.06. The lowest BCUT2D eigenvalue weighted by Gasteiger charge is -2.09. The second-order valence-electron chi connectivity index (χ2n) is 10.3. The van der Waals surface area contributed by atoms with Crippen LogP contribution in [0.4, 0.5) is 0 Å². The van der Waals surface area contributed by atoms with Crippen LogP contribution in [0.3, 0.4) is 0 Å². The third-order valence-corrected chi connectivity index (χ3v) is 7.86. The monoisotopic (exact) mass is 580 g/mol. The van der Waals surface area contributed by atoms with Gasteiger partial charge in [0.15, 0.2) is 5.52 Å². The third kappa shape index (κ3) is 11.9. The minimum absolute atomic E-state index is 0.170. The van der Waals surface area contributed by atoms with E-state index in [1.54, 1.807) is 11.6 Å². The van der Waals surface area contributed by atoms with Crippen LogP contribution in [0.5, 0.6) is 5.88 Å². The van der Waals surface area contributed by atoms with Crippen molar-refractivity contribution in [2.24, 2.45) is 0 Å². The van der Waals surface area contributed by atoms with E-state index < -0.39 is 0 Å². The summed E-state index contributed by atoms with van der Waals surface area (Å²) in [5, 5.41) is 5.43. The van der Waals surface area contributed by atoms with Crippen molar-refractivity contribution in [1.29, 1.82) is 0 Å². The van der Waals surface area contributed by atoms with Crippen LogP contribution in [0.15, 0.2) is 53.8 Å². The maximum Gasteiger partial charge on any atom is 0.316 e. The molecule has 0 aliphatic heterocycles. The van der Waals surface area contributed by atoms with Crippen LogP contribution in [-0.4, -0.2) is 44.7 Å². The van der Waals surface area contributed by atoms with Gasteiger partial charge in [0, 0.05) is 0 Å². The lowest BCUT2D eigenvalue weighted by molar-refractivity contribution is -0.139. The third-order valence-electron chi connectivity index (χ3n) is 6.91. The molecule has 2 heterocycles. The summed E-state index contributed by atoms with van der Waals surface area (Å²) in [5.41, 5.74) is 2.17. The molecule has 3 rings (SSSR count). The number of unbranched alkanes of at least 4 members (excludes halogenated alkanes) is 12. The Hall–Kier alpha value is -2.87. The predicted molar refractivity (Wildman–Crippen MR) is 169 cm³/mol. The van der Waals surface area contributed by atoms with Gasteiger partial charge in [-0.25, -0.2) is 9.97 Å². The molecule has 0 radical (unpaired) electrons. The number of hydrogen-bond donors (Lipinski definition) is 0. The van der Waals surface area contributed by atoms with Gasteiger partial charge >= 0.3 is 5.97 Å². The van der Waals surface area contributed by atoms with Crippen LogP contribution in [0, 0.1) is 0 Å². The molecule has 0 N–H and O–H groups in total. The van der Waals surface area contributed by atoms with Crippen LogP contribution in [0.25, 0.3) is 16.7 Å². The van der Waals surface area contributed by atoms with Crippen molar-refractivity contribution < 1.29 is 14.3 Å². The topological polar surface area (TPSA) is 79.1 Å². The summed E-state index contributed by atoms with van der Waals surface area (Å²) in [6.07, 6.45) is 24.1. The molecule has 41 heavy (non-hydrogen) atoms. The van der Waals surface area contributed by atoms with Gasteiger partial charge in [0.2, 0.25) is 5.88 Å². The van der Waals surface area contributed by atoms with E-state index in [0.717, 1.165) is 18.5 Å². The van der Waals surface area contributed by atoms with E-state index in [1.807, 2.05) is 30.3 Å². The molecule has 0 saturated heterocycles. The number of thioether (sulfide) groups is 1. The number of ether oxygens (including phenoxy) is 2. The molecular weight excluding hydrogens is 532 g/mol. The molecule has 1 aromatic carbocycles. The molecule has 3 aromatic rings. The average molecular weight is 581 g/mol. The summed E-state index contributed by atoms with van der Waals surface area (Å²) in [5.74, 6) is 0.506. The summed E-state index contributed by atoms with van der Waals surface area (Å²) in [6.45, 7) is 5.03. The highest BCUT2D eigenvalue weighted by atomic mass is 32.2. The van der Waals surface area contributed by atoms with E-state index in [2.05, 4.69) is 29.0 Å². The van der Waals surface area contributed by atoms with Gasteiger partial charge in [-0.15, -0.1) is 0 Å². The molecule has 7 nitrogen and oxygen atoms in total. The van der Waals surface area contributed by atoms with Crippen LogP contribution >= 0.6 is 11.8 Å². The van der Waals surface area contributed by atoms with Crippen molar-refractivity contribution in [3.63, 3.8) is 0 Å². The lowest BCUT2D eigenvalue weighted by atomic mass is 10.1. The van der Waals surface area contributed by atoms with Gasteiger partial charge in [-0.2, -0.15) is 9.78 Å². The van der Waals surface area contributed by atoms with E-state index in [4.69, 9.17) is 14.6 Å². The summed E-state index contributed by atoms with van der Waals surface area (Å²) in [7, 11) is 0. The van der Waals surface area contributed by atoms with Crippen LogP contribution in [-0.2, 0) is 9.53 Å². The van der Waals surface area contributed by atoms with Crippen molar-refractivity contribution in [3.8, 4) is 11.6 Å². The number of carbonyl (C=O) groups is 1. The van der Waals surface area contributed by atoms with Crippen LogP contribution in [0.2, 0.25) is 0 Å². The number of benzene rings is 1. The fourth-order valence-electron chi connectivity index (χ4n) is 4.68. The van der Waals surface area contributed by atoms with Gasteiger partial charge in [0.05, 0.1) is 24.7 Å². The van der Waals surface area contributed by atoms with Crippen molar-refractivity contribution >= 4 is 28.8 Å². The van der Waals surface area contributed by atoms with Gasteiger partial charge < -0.3 is 9.47 Å². The minimum Gasteiger partial charge on any atom is -0.476 e. The summed E-state index contributed by atoms with van der Waals surface area (Å²) in [6, 6.07) is 9.89. The molecular formula is C33H48N4O3S. The average Bonchev–Trinajstić information content (AvgIpc) is 3.37. The van der Waals surface area contributed by atoms with Crippen molar-refractivity contribution in [2.45, 2.75) is 109 Å². The molecule has 0 aliphatic carbocycles. The van der Waals surface area contributed by atoms with E-state index in [1.165, 1.54) is 95.1 Å². The Balaban J connectivity index is 1.41. The van der Waals surface area contributed by atoms with Gasteiger partial charge in [0.1, 0.15) is 16.9 Å². The maximum atomic E-state index is 11.9. The first-order valence-corrected chi connectivity index (χ1v) is 16.6. The predicted octanol–water partition coefficient (Wildman–Crippen LogP) is 8.89. The molecule has 8 heteroatoms. The summed E-state index contributed by atoms with van der Waals surface area (Å²) >= 11 is 1.30. The molecule has 0 aliphatic rings. The fraction of sp³-hybridized carbons (Fsp3) is 0.576. The molecule has 0 bridgehead atoms. The molecule has 0 amide bonds.